The molecule has 2 heterocycles. The van der Waals surface area contributed by atoms with Crippen molar-refractivity contribution in [3.8, 4) is 5.75 Å². The van der Waals surface area contributed by atoms with Gasteiger partial charge in [0.2, 0.25) is 17.7 Å². The number of ether oxygens (including phenoxy) is 1. The van der Waals surface area contributed by atoms with Crippen LogP contribution in [0.5, 0.6) is 5.75 Å². The van der Waals surface area contributed by atoms with E-state index in [9.17, 15) is 19.2 Å². The summed E-state index contributed by atoms with van der Waals surface area (Å²) in [5.74, 6) is -1.78. The maximum absolute atomic E-state index is 12.9. The lowest BCUT2D eigenvalue weighted by Gasteiger charge is -2.21. The maximum Gasteiger partial charge on any atom is 0.316 e. The standard InChI is InChI=1S/C28H28N2O5/c1-16-7-12-22-23(13-16)27(33)30(26(22)32)20-8-10-21(11-9-20)35-28(34)19-14-24(31)29(15-19)25-17(2)5-4-6-18(25)3/h4-11,19,22-23H,12-15H2,1-3H3/t19-,22+,23-/m1/s1. The SMILES string of the molecule is CC1=CC[C@@H]2C(=O)N(c3ccc(OC(=O)[C@@H]4CC(=O)N(c5c(C)cccc5C)C4)cc3)C(=O)[C@@H]2C1. The van der Waals surface area contributed by atoms with Gasteiger partial charge >= 0.3 is 5.97 Å². The summed E-state index contributed by atoms with van der Waals surface area (Å²) in [4.78, 5) is 54.2. The Labute approximate surface area is 204 Å². The fourth-order valence-electron chi connectivity index (χ4n) is 5.47. The monoisotopic (exact) mass is 472 g/mol. The highest BCUT2D eigenvalue weighted by molar-refractivity contribution is 6.22. The number of hydrogen-bond acceptors (Lipinski definition) is 5. The van der Waals surface area contributed by atoms with Gasteiger partial charge in [0, 0.05) is 18.7 Å². The van der Waals surface area contributed by atoms with Gasteiger partial charge in [-0.2, -0.15) is 0 Å². The van der Waals surface area contributed by atoms with Gasteiger partial charge in [-0.05, 0) is 69.0 Å². The smallest absolute Gasteiger partial charge is 0.316 e. The summed E-state index contributed by atoms with van der Waals surface area (Å²) >= 11 is 0. The zero-order valence-electron chi connectivity index (χ0n) is 20.1. The summed E-state index contributed by atoms with van der Waals surface area (Å²) in [6.45, 7) is 6.16. The molecule has 5 rings (SSSR count). The van der Waals surface area contributed by atoms with Gasteiger partial charge in [-0.1, -0.05) is 29.8 Å². The van der Waals surface area contributed by atoms with Crippen LogP contribution in [0.2, 0.25) is 0 Å². The molecule has 3 amide bonds. The number of nitrogens with zero attached hydrogens (tertiary/aromatic N) is 2. The van der Waals surface area contributed by atoms with Gasteiger partial charge in [0.1, 0.15) is 5.75 Å². The Bertz CT molecular complexity index is 1240. The van der Waals surface area contributed by atoms with Gasteiger partial charge in [0.05, 0.1) is 23.4 Å². The van der Waals surface area contributed by atoms with Crippen LogP contribution in [0.15, 0.2) is 54.1 Å². The van der Waals surface area contributed by atoms with E-state index in [0.29, 0.717) is 24.3 Å². The van der Waals surface area contributed by atoms with Crippen LogP contribution in [0.25, 0.3) is 0 Å². The Morgan fingerprint density at radius 2 is 1.54 bits per heavy atom. The topological polar surface area (TPSA) is 84.0 Å². The summed E-state index contributed by atoms with van der Waals surface area (Å²) in [5.41, 5.74) is 4.43. The molecule has 2 aliphatic heterocycles. The molecule has 7 nitrogen and oxygen atoms in total. The van der Waals surface area contributed by atoms with Crippen molar-refractivity contribution in [3.05, 3.63) is 65.2 Å². The fourth-order valence-corrected chi connectivity index (χ4v) is 5.47. The maximum atomic E-state index is 12.9. The van der Waals surface area contributed by atoms with E-state index in [0.717, 1.165) is 22.4 Å². The van der Waals surface area contributed by atoms with Gasteiger partial charge < -0.3 is 9.64 Å². The van der Waals surface area contributed by atoms with Gasteiger partial charge in [0.15, 0.2) is 0 Å². The summed E-state index contributed by atoms with van der Waals surface area (Å²) < 4.78 is 5.56. The average molecular weight is 473 g/mol. The van der Waals surface area contributed by atoms with Crippen molar-refractivity contribution in [1.82, 2.24) is 0 Å². The van der Waals surface area contributed by atoms with Gasteiger partial charge in [-0.25, -0.2) is 0 Å². The molecule has 0 saturated carbocycles. The van der Waals surface area contributed by atoms with Crippen molar-refractivity contribution in [2.45, 2.75) is 40.0 Å². The van der Waals surface area contributed by atoms with Crippen molar-refractivity contribution in [2.75, 3.05) is 16.3 Å². The number of amides is 3. The Hall–Kier alpha value is -3.74. The van der Waals surface area contributed by atoms with E-state index in [1.54, 1.807) is 29.2 Å². The minimum atomic E-state index is -0.568. The molecule has 0 unspecified atom stereocenters. The van der Waals surface area contributed by atoms with Crippen LogP contribution in [0.4, 0.5) is 11.4 Å². The third-order valence-corrected chi connectivity index (χ3v) is 7.30. The predicted molar refractivity (Wildman–Crippen MR) is 131 cm³/mol. The van der Waals surface area contributed by atoms with E-state index in [1.807, 2.05) is 45.0 Å². The number of allylic oxidation sites excluding steroid dienone is 2. The first-order valence-corrected chi connectivity index (χ1v) is 12.0. The number of para-hydroxylation sites is 1. The number of rotatable bonds is 4. The summed E-state index contributed by atoms with van der Waals surface area (Å²) in [6.07, 6.45) is 3.33. The lowest BCUT2D eigenvalue weighted by molar-refractivity contribution is -0.139. The van der Waals surface area contributed by atoms with E-state index in [-0.39, 0.29) is 42.5 Å². The quantitative estimate of drug-likeness (QED) is 0.289. The number of carbonyl (C=O) groups is 4. The number of aryl methyl sites for hydroxylation is 2. The predicted octanol–water partition coefficient (Wildman–Crippen LogP) is 4.11. The van der Waals surface area contributed by atoms with Crippen molar-refractivity contribution in [2.24, 2.45) is 17.8 Å². The normalized spacial score (nSPS) is 24.0. The average Bonchev–Trinajstić information content (AvgIpc) is 3.32. The second-order valence-electron chi connectivity index (χ2n) is 9.78. The molecule has 2 aromatic rings. The Morgan fingerprint density at radius 3 is 2.23 bits per heavy atom. The van der Waals surface area contributed by atoms with Crippen molar-refractivity contribution >= 4 is 35.1 Å². The zero-order valence-corrected chi connectivity index (χ0v) is 20.1. The number of esters is 1. The van der Waals surface area contributed by atoms with Gasteiger partial charge in [-0.3, -0.25) is 24.1 Å². The van der Waals surface area contributed by atoms with Crippen molar-refractivity contribution < 1.29 is 23.9 Å². The lowest BCUT2D eigenvalue weighted by Crippen LogP contribution is -2.30. The van der Waals surface area contributed by atoms with E-state index in [1.165, 1.54) is 4.90 Å². The van der Waals surface area contributed by atoms with Crippen LogP contribution < -0.4 is 14.5 Å². The molecule has 0 spiro atoms. The molecule has 0 aromatic heterocycles. The number of imide groups is 1. The van der Waals surface area contributed by atoms with E-state index >= 15 is 0 Å². The van der Waals surface area contributed by atoms with Crippen LogP contribution in [0.3, 0.4) is 0 Å². The largest absolute Gasteiger partial charge is 0.426 e. The molecule has 3 atom stereocenters. The Morgan fingerprint density at radius 1 is 0.886 bits per heavy atom. The van der Waals surface area contributed by atoms with E-state index < -0.39 is 11.9 Å². The second-order valence-corrected chi connectivity index (χ2v) is 9.78. The minimum absolute atomic E-state index is 0.0949. The van der Waals surface area contributed by atoms with Crippen molar-refractivity contribution in [1.29, 1.82) is 0 Å². The first-order chi connectivity index (χ1) is 16.7. The summed E-state index contributed by atoms with van der Waals surface area (Å²) in [5, 5.41) is 0. The number of anilines is 2. The first kappa shape index (κ1) is 23.0. The van der Waals surface area contributed by atoms with Crippen molar-refractivity contribution in [3.63, 3.8) is 0 Å². The summed E-state index contributed by atoms with van der Waals surface area (Å²) in [7, 11) is 0. The molecule has 180 valence electrons. The van der Waals surface area contributed by atoms with E-state index in [2.05, 4.69) is 0 Å². The molecule has 1 aliphatic carbocycles. The molecule has 35 heavy (non-hydrogen) atoms. The van der Waals surface area contributed by atoms with Gasteiger partial charge in [0.25, 0.3) is 0 Å². The number of hydrogen-bond donors (Lipinski definition) is 0. The third kappa shape index (κ3) is 4.05. The Kier molecular flexibility index (Phi) is 5.79. The first-order valence-electron chi connectivity index (χ1n) is 12.0. The highest BCUT2D eigenvalue weighted by atomic mass is 16.5. The molecular weight excluding hydrogens is 444 g/mol. The fraction of sp³-hybridized carbons (Fsp3) is 0.357. The van der Waals surface area contributed by atoms with Crippen LogP contribution in [0, 0.1) is 31.6 Å². The number of benzene rings is 2. The second kappa shape index (κ2) is 8.80. The molecule has 0 bridgehead atoms. The lowest BCUT2D eigenvalue weighted by atomic mass is 9.82. The van der Waals surface area contributed by atoms with Gasteiger partial charge in [-0.15, -0.1) is 0 Å². The highest BCUT2D eigenvalue weighted by Crippen LogP contribution is 2.40. The molecule has 2 aromatic carbocycles. The van der Waals surface area contributed by atoms with Crippen LogP contribution in [0.1, 0.15) is 37.3 Å². The number of carbonyl (C=O) groups excluding carboxylic acids is 4. The number of fused-ring (bicyclic) bond motifs is 1. The van der Waals surface area contributed by atoms with Crippen LogP contribution >= 0.6 is 0 Å². The molecule has 3 aliphatic rings. The minimum Gasteiger partial charge on any atom is -0.426 e. The molecular formula is C28H28N2O5. The molecule has 2 fully saturated rings. The molecule has 0 N–H and O–H groups in total. The zero-order chi connectivity index (χ0) is 24.9. The molecule has 2 saturated heterocycles. The summed E-state index contributed by atoms with van der Waals surface area (Å²) in [6, 6.07) is 12.3. The molecule has 7 heteroatoms. The van der Waals surface area contributed by atoms with Crippen LogP contribution in [-0.2, 0) is 19.2 Å². The van der Waals surface area contributed by atoms with E-state index in [4.69, 9.17) is 4.74 Å². The third-order valence-electron chi connectivity index (χ3n) is 7.30. The Balaban J connectivity index is 1.26. The molecule has 0 radical (unpaired) electrons. The van der Waals surface area contributed by atoms with Crippen LogP contribution in [-0.4, -0.2) is 30.2 Å². The highest BCUT2D eigenvalue weighted by Gasteiger charge is 2.48.